The molecule has 0 saturated carbocycles. The van der Waals surface area contributed by atoms with Crippen LogP contribution < -0.4 is 9.47 Å². The van der Waals surface area contributed by atoms with E-state index >= 15 is 0 Å². The molecule has 1 unspecified atom stereocenters. The van der Waals surface area contributed by atoms with Crippen molar-refractivity contribution in [3.63, 3.8) is 0 Å². The minimum atomic E-state index is -0.695. The molecule has 28 heavy (non-hydrogen) atoms. The lowest BCUT2D eigenvalue weighted by atomic mass is 9.91. The third-order valence-electron chi connectivity index (χ3n) is 5.40. The summed E-state index contributed by atoms with van der Waals surface area (Å²) in [5, 5.41) is 9.35. The van der Waals surface area contributed by atoms with E-state index in [1.54, 1.807) is 26.0 Å². The number of carboxylic acids is 1. The van der Waals surface area contributed by atoms with Crippen LogP contribution in [0.5, 0.6) is 11.5 Å². The van der Waals surface area contributed by atoms with E-state index in [4.69, 9.17) is 9.47 Å². The molecule has 1 N–H and O–H groups in total. The molecule has 1 aliphatic rings. The summed E-state index contributed by atoms with van der Waals surface area (Å²) in [6, 6.07) is 14.5. The van der Waals surface area contributed by atoms with Crippen molar-refractivity contribution in [2.75, 3.05) is 33.6 Å². The van der Waals surface area contributed by atoms with E-state index in [9.17, 15) is 9.90 Å². The van der Waals surface area contributed by atoms with Crippen molar-refractivity contribution in [2.24, 2.45) is 5.92 Å². The van der Waals surface area contributed by atoms with E-state index in [1.807, 2.05) is 12.1 Å². The summed E-state index contributed by atoms with van der Waals surface area (Å²) in [7, 11) is 3.30. The summed E-state index contributed by atoms with van der Waals surface area (Å²) >= 11 is 1.71. The maximum absolute atomic E-state index is 11.4. The van der Waals surface area contributed by atoms with Gasteiger partial charge in [-0.25, -0.2) is 0 Å². The van der Waals surface area contributed by atoms with Crippen LogP contribution in [0.3, 0.4) is 0 Å². The molecule has 150 valence electrons. The highest BCUT2D eigenvalue weighted by molar-refractivity contribution is 7.98. The Morgan fingerprint density at radius 2 is 1.79 bits per heavy atom. The number of hydrogen-bond acceptors (Lipinski definition) is 5. The number of piperidine rings is 1. The smallest absolute Gasteiger partial charge is 0.306 e. The van der Waals surface area contributed by atoms with Crippen LogP contribution in [-0.4, -0.2) is 49.5 Å². The van der Waals surface area contributed by atoms with Gasteiger partial charge < -0.3 is 14.6 Å². The fraction of sp³-hybridized carbons (Fsp3) is 0.409. The standard InChI is InChI=1S/C22H27NO4S/c1-26-19-6-4-5-18(21(19)27-2)20(15-7-9-17(28-3)10-8-15)23-13-11-16(12-14-23)22(24)25/h4-10,16,20H,11-14H2,1-3H3,(H,24,25). The summed E-state index contributed by atoms with van der Waals surface area (Å²) in [6.45, 7) is 1.46. The Morgan fingerprint density at radius 3 is 2.32 bits per heavy atom. The molecule has 0 aliphatic carbocycles. The topological polar surface area (TPSA) is 59.0 Å². The fourth-order valence-corrected chi connectivity index (χ4v) is 4.31. The SMILES string of the molecule is COc1cccc(C(c2ccc(SC)cc2)N2CCC(C(=O)O)CC2)c1OC. The van der Waals surface area contributed by atoms with Crippen LogP contribution in [0.2, 0.25) is 0 Å². The average Bonchev–Trinajstić information content (AvgIpc) is 2.74. The van der Waals surface area contributed by atoms with Gasteiger partial charge in [-0.05, 0) is 55.9 Å². The second kappa shape index (κ2) is 9.34. The predicted octanol–water partition coefficient (Wildman–Crippen LogP) is 4.31. The number of ether oxygens (including phenoxy) is 2. The molecular weight excluding hydrogens is 374 g/mol. The first-order chi connectivity index (χ1) is 13.6. The van der Waals surface area contributed by atoms with Crippen molar-refractivity contribution in [1.29, 1.82) is 0 Å². The van der Waals surface area contributed by atoms with Gasteiger partial charge in [0.1, 0.15) is 0 Å². The third-order valence-corrected chi connectivity index (χ3v) is 6.15. The Labute approximate surface area is 170 Å². The Balaban J connectivity index is 2.01. The zero-order chi connectivity index (χ0) is 20.1. The number of hydrogen-bond donors (Lipinski definition) is 1. The minimum Gasteiger partial charge on any atom is -0.493 e. The van der Waals surface area contributed by atoms with Gasteiger partial charge in [-0.3, -0.25) is 9.69 Å². The first kappa shape index (κ1) is 20.6. The normalized spacial score (nSPS) is 16.5. The van der Waals surface area contributed by atoms with Gasteiger partial charge in [0.25, 0.3) is 0 Å². The van der Waals surface area contributed by atoms with Crippen LogP contribution in [0, 0.1) is 5.92 Å². The van der Waals surface area contributed by atoms with Crippen LogP contribution in [0.25, 0.3) is 0 Å². The van der Waals surface area contributed by atoms with Crippen LogP contribution in [-0.2, 0) is 4.79 Å². The van der Waals surface area contributed by atoms with E-state index < -0.39 is 5.97 Å². The number of benzene rings is 2. The van der Waals surface area contributed by atoms with Crippen molar-refractivity contribution >= 4 is 17.7 Å². The predicted molar refractivity (Wildman–Crippen MR) is 112 cm³/mol. The maximum atomic E-state index is 11.4. The van der Waals surface area contributed by atoms with Crippen molar-refractivity contribution < 1.29 is 19.4 Å². The summed E-state index contributed by atoms with van der Waals surface area (Å²) in [5.74, 6) is 0.470. The second-order valence-electron chi connectivity index (χ2n) is 6.91. The number of carboxylic acid groups (broad SMARTS) is 1. The monoisotopic (exact) mass is 401 g/mol. The van der Waals surface area contributed by atoms with Crippen LogP contribution in [0.15, 0.2) is 47.4 Å². The largest absolute Gasteiger partial charge is 0.493 e. The highest BCUT2D eigenvalue weighted by Crippen LogP contribution is 2.41. The zero-order valence-electron chi connectivity index (χ0n) is 16.6. The molecule has 0 spiro atoms. The van der Waals surface area contributed by atoms with E-state index in [0.29, 0.717) is 18.6 Å². The molecule has 6 heteroatoms. The zero-order valence-corrected chi connectivity index (χ0v) is 17.4. The van der Waals surface area contributed by atoms with Gasteiger partial charge in [-0.1, -0.05) is 24.3 Å². The minimum absolute atomic E-state index is 0.0179. The molecule has 0 aromatic heterocycles. The van der Waals surface area contributed by atoms with Crippen molar-refractivity contribution in [2.45, 2.75) is 23.8 Å². The summed E-state index contributed by atoms with van der Waals surface area (Å²) in [4.78, 5) is 14.9. The molecule has 1 saturated heterocycles. The highest BCUT2D eigenvalue weighted by Gasteiger charge is 2.32. The van der Waals surface area contributed by atoms with Crippen molar-refractivity contribution in [3.05, 3.63) is 53.6 Å². The number of rotatable bonds is 7. The number of carbonyl (C=O) groups is 1. The van der Waals surface area contributed by atoms with Gasteiger partial charge in [-0.2, -0.15) is 0 Å². The quantitative estimate of drug-likeness (QED) is 0.698. The Hall–Kier alpha value is -2.18. The van der Waals surface area contributed by atoms with Crippen molar-refractivity contribution in [3.8, 4) is 11.5 Å². The Kier molecular flexibility index (Phi) is 6.86. The summed E-state index contributed by atoms with van der Waals surface area (Å²) in [6.07, 6.45) is 3.37. The fourth-order valence-electron chi connectivity index (χ4n) is 3.91. The number of thioether (sulfide) groups is 1. The molecule has 0 amide bonds. The van der Waals surface area contributed by atoms with Gasteiger partial charge >= 0.3 is 5.97 Å². The first-order valence-electron chi connectivity index (χ1n) is 9.40. The van der Waals surface area contributed by atoms with Gasteiger partial charge in [0.2, 0.25) is 0 Å². The first-order valence-corrected chi connectivity index (χ1v) is 10.6. The van der Waals surface area contributed by atoms with Gasteiger partial charge in [-0.15, -0.1) is 11.8 Å². The lowest BCUT2D eigenvalue weighted by Crippen LogP contribution is -2.39. The molecule has 1 fully saturated rings. The van der Waals surface area contributed by atoms with E-state index in [2.05, 4.69) is 41.5 Å². The molecule has 1 heterocycles. The van der Waals surface area contributed by atoms with Gasteiger partial charge in [0.05, 0.1) is 26.2 Å². The van der Waals surface area contributed by atoms with Crippen LogP contribution in [0.4, 0.5) is 0 Å². The lowest BCUT2D eigenvalue weighted by Gasteiger charge is -2.37. The molecule has 0 radical (unpaired) electrons. The van der Waals surface area contributed by atoms with Crippen LogP contribution >= 0.6 is 11.8 Å². The summed E-state index contributed by atoms with van der Waals surface area (Å²) < 4.78 is 11.2. The lowest BCUT2D eigenvalue weighted by molar-refractivity contribution is -0.143. The van der Waals surface area contributed by atoms with Crippen LogP contribution in [0.1, 0.15) is 30.0 Å². The van der Waals surface area contributed by atoms with E-state index in [-0.39, 0.29) is 12.0 Å². The van der Waals surface area contributed by atoms with E-state index in [0.717, 1.165) is 30.0 Å². The Morgan fingerprint density at radius 1 is 1.11 bits per heavy atom. The molecule has 2 aromatic rings. The molecule has 2 aromatic carbocycles. The number of methoxy groups -OCH3 is 2. The molecule has 1 atom stereocenters. The number of para-hydroxylation sites is 1. The highest BCUT2D eigenvalue weighted by atomic mass is 32.2. The third kappa shape index (κ3) is 4.28. The van der Waals surface area contributed by atoms with Gasteiger partial charge in [0.15, 0.2) is 11.5 Å². The van der Waals surface area contributed by atoms with Gasteiger partial charge in [0, 0.05) is 10.5 Å². The molecule has 1 aliphatic heterocycles. The molecule has 0 bridgehead atoms. The molecule has 3 rings (SSSR count). The molecular formula is C22H27NO4S. The summed E-state index contributed by atoms with van der Waals surface area (Å²) in [5.41, 5.74) is 2.20. The average molecular weight is 402 g/mol. The number of nitrogens with zero attached hydrogens (tertiary/aromatic N) is 1. The second-order valence-corrected chi connectivity index (χ2v) is 7.79. The molecule has 5 nitrogen and oxygen atoms in total. The number of aliphatic carboxylic acids is 1. The number of likely N-dealkylation sites (tertiary alicyclic amines) is 1. The Bertz CT molecular complexity index is 801. The van der Waals surface area contributed by atoms with E-state index in [1.165, 1.54) is 4.90 Å². The van der Waals surface area contributed by atoms with Crippen molar-refractivity contribution in [1.82, 2.24) is 4.90 Å². The maximum Gasteiger partial charge on any atom is 0.306 e.